The van der Waals surface area contributed by atoms with Gasteiger partial charge in [0.05, 0.1) is 6.20 Å². The van der Waals surface area contributed by atoms with Crippen LogP contribution in [0.15, 0.2) is 12.4 Å². The van der Waals surface area contributed by atoms with Gasteiger partial charge in [0.1, 0.15) is 0 Å². The van der Waals surface area contributed by atoms with Crippen LogP contribution in [0.1, 0.15) is 44.7 Å². The molecule has 1 aromatic rings. The topological polar surface area (TPSA) is 43.8 Å². The van der Waals surface area contributed by atoms with E-state index in [0.717, 1.165) is 6.54 Å². The Labute approximate surface area is 85.3 Å². The van der Waals surface area contributed by atoms with Gasteiger partial charge in [-0.2, -0.15) is 5.10 Å². The summed E-state index contributed by atoms with van der Waals surface area (Å²) in [4.78, 5) is 0. The lowest BCUT2D eigenvalue weighted by atomic mass is 9.65. The summed E-state index contributed by atoms with van der Waals surface area (Å²) in [5, 5.41) is 4.37. The van der Waals surface area contributed by atoms with Gasteiger partial charge in [-0.1, -0.05) is 6.42 Å². The van der Waals surface area contributed by atoms with E-state index in [4.69, 9.17) is 5.73 Å². The zero-order valence-corrected chi connectivity index (χ0v) is 9.03. The summed E-state index contributed by atoms with van der Waals surface area (Å²) in [5.41, 5.74) is 7.44. The number of hydrogen-bond acceptors (Lipinski definition) is 2. The summed E-state index contributed by atoms with van der Waals surface area (Å²) < 4.78 is 2.02. The van der Waals surface area contributed by atoms with Gasteiger partial charge in [-0.25, -0.2) is 0 Å². The molecule has 0 aliphatic heterocycles. The first kappa shape index (κ1) is 9.71. The summed E-state index contributed by atoms with van der Waals surface area (Å²) in [6, 6.07) is 0.443. The Balaban J connectivity index is 2.23. The predicted molar refractivity (Wildman–Crippen MR) is 57.2 cm³/mol. The van der Waals surface area contributed by atoms with E-state index in [1.165, 1.54) is 24.8 Å². The average molecular weight is 193 g/mol. The summed E-state index contributed by atoms with van der Waals surface area (Å²) >= 11 is 0. The van der Waals surface area contributed by atoms with Crippen molar-refractivity contribution in [3.8, 4) is 0 Å². The molecule has 1 aliphatic rings. The molecule has 3 heteroatoms. The van der Waals surface area contributed by atoms with Crippen LogP contribution in [-0.2, 0) is 5.41 Å². The molecule has 78 valence electrons. The van der Waals surface area contributed by atoms with E-state index in [1.807, 2.05) is 10.9 Å². The largest absolute Gasteiger partial charge is 0.330 e. The van der Waals surface area contributed by atoms with Crippen molar-refractivity contribution in [2.24, 2.45) is 5.73 Å². The molecule has 1 saturated carbocycles. The van der Waals surface area contributed by atoms with Crippen molar-refractivity contribution in [3.63, 3.8) is 0 Å². The van der Waals surface area contributed by atoms with Gasteiger partial charge >= 0.3 is 0 Å². The van der Waals surface area contributed by atoms with Crippen LogP contribution in [0.3, 0.4) is 0 Å². The molecule has 0 saturated heterocycles. The monoisotopic (exact) mass is 193 g/mol. The van der Waals surface area contributed by atoms with Crippen molar-refractivity contribution >= 4 is 0 Å². The third kappa shape index (κ3) is 1.36. The molecule has 0 spiro atoms. The number of rotatable bonds is 3. The normalized spacial score (nSPS) is 19.7. The highest BCUT2D eigenvalue weighted by molar-refractivity contribution is 5.23. The van der Waals surface area contributed by atoms with Crippen molar-refractivity contribution in [2.45, 2.75) is 44.6 Å². The van der Waals surface area contributed by atoms with Crippen LogP contribution in [0.25, 0.3) is 0 Å². The Bertz CT molecular complexity index is 305. The fraction of sp³-hybridized carbons (Fsp3) is 0.727. The Morgan fingerprint density at radius 2 is 2.29 bits per heavy atom. The first-order chi connectivity index (χ1) is 6.68. The van der Waals surface area contributed by atoms with Crippen LogP contribution < -0.4 is 5.73 Å². The molecule has 0 unspecified atom stereocenters. The van der Waals surface area contributed by atoms with Gasteiger partial charge in [0.15, 0.2) is 0 Å². The number of nitrogens with two attached hydrogens (primary N) is 1. The number of aromatic nitrogens is 2. The zero-order valence-electron chi connectivity index (χ0n) is 9.03. The van der Waals surface area contributed by atoms with E-state index >= 15 is 0 Å². The second-order valence-electron chi connectivity index (χ2n) is 4.64. The predicted octanol–water partition coefficient (Wildman–Crippen LogP) is 1.84. The van der Waals surface area contributed by atoms with Gasteiger partial charge in [-0.05, 0) is 32.3 Å². The SMILES string of the molecule is CC(C)n1cc(C2(CN)CCC2)cn1. The minimum atomic E-state index is 0.257. The van der Waals surface area contributed by atoms with Gasteiger partial charge in [0, 0.05) is 24.2 Å². The van der Waals surface area contributed by atoms with Crippen molar-refractivity contribution in [3.05, 3.63) is 18.0 Å². The fourth-order valence-electron chi connectivity index (χ4n) is 2.11. The second kappa shape index (κ2) is 3.39. The highest BCUT2D eigenvalue weighted by Gasteiger charge is 2.38. The highest BCUT2D eigenvalue weighted by Crippen LogP contribution is 2.42. The fourth-order valence-corrected chi connectivity index (χ4v) is 2.11. The molecule has 2 rings (SSSR count). The molecule has 0 atom stereocenters. The molecule has 1 fully saturated rings. The molecule has 0 bridgehead atoms. The van der Waals surface area contributed by atoms with Crippen molar-refractivity contribution in [1.82, 2.24) is 9.78 Å². The van der Waals surface area contributed by atoms with E-state index in [2.05, 4.69) is 25.1 Å². The molecule has 3 nitrogen and oxygen atoms in total. The second-order valence-corrected chi connectivity index (χ2v) is 4.64. The van der Waals surface area contributed by atoms with Gasteiger partial charge in [-0.15, -0.1) is 0 Å². The Morgan fingerprint density at radius 3 is 2.64 bits per heavy atom. The third-order valence-corrected chi connectivity index (χ3v) is 3.44. The third-order valence-electron chi connectivity index (χ3n) is 3.44. The molecule has 1 aromatic heterocycles. The maximum absolute atomic E-state index is 5.85. The van der Waals surface area contributed by atoms with E-state index in [9.17, 15) is 0 Å². The van der Waals surface area contributed by atoms with Crippen LogP contribution in [0.5, 0.6) is 0 Å². The maximum atomic E-state index is 5.85. The van der Waals surface area contributed by atoms with Crippen molar-refractivity contribution in [2.75, 3.05) is 6.54 Å². The molecule has 1 heterocycles. The van der Waals surface area contributed by atoms with Crippen LogP contribution in [0.4, 0.5) is 0 Å². The first-order valence-electron chi connectivity index (χ1n) is 5.43. The molecule has 14 heavy (non-hydrogen) atoms. The van der Waals surface area contributed by atoms with Crippen molar-refractivity contribution in [1.29, 1.82) is 0 Å². The zero-order chi connectivity index (χ0) is 10.2. The first-order valence-corrected chi connectivity index (χ1v) is 5.43. The van der Waals surface area contributed by atoms with Crippen molar-refractivity contribution < 1.29 is 0 Å². The smallest absolute Gasteiger partial charge is 0.0528 e. The van der Waals surface area contributed by atoms with Gasteiger partial charge < -0.3 is 5.73 Å². The molecular formula is C11H19N3. The molecule has 1 aliphatic carbocycles. The minimum Gasteiger partial charge on any atom is -0.330 e. The Morgan fingerprint density at radius 1 is 1.57 bits per heavy atom. The highest BCUT2D eigenvalue weighted by atomic mass is 15.3. The molecular weight excluding hydrogens is 174 g/mol. The summed E-state index contributed by atoms with van der Waals surface area (Å²) in [6.07, 6.45) is 7.92. The van der Waals surface area contributed by atoms with E-state index in [1.54, 1.807) is 0 Å². The molecule has 0 amide bonds. The Kier molecular flexibility index (Phi) is 2.35. The van der Waals surface area contributed by atoms with Crippen LogP contribution in [-0.4, -0.2) is 16.3 Å². The standard InChI is InChI=1S/C11H19N3/c1-9(2)14-7-10(6-13-14)11(8-12)4-3-5-11/h6-7,9H,3-5,8,12H2,1-2H3. The minimum absolute atomic E-state index is 0.257. The van der Waals surface area contributed by atoms with E-state index in [-0.39, 0.29) is 5.41 Å². The van der Waals surface area contributed by atoms with E-state index < -0.39 is 0 Å². The molecule has 0 radical (unpaired) electrons. The maximum Gasteiger partial charge on any atom is 0.0528 e. The van der Waals surface area contributed by atoms with Gasteiger partial charge in [0.2, 0.25) is 0 Å². The number of hydrogen-bond donors (Lipinski definition) is 1. The summed E-state index contributed by atoms with van der Waals surface area (Å²) in [7, 11) is 0. The van der Waals surface area contributed by atoms with Gasteiger partial charge in [-0.3, -0.25) is 4.68 Å². The molecule has 2 N–H and O–H groups in total. The van der Waals surface area contributed by atoms with Crippen LogP contribution >= 0.6 is 0 Å². The van der Waals surface area contributed by atoms with Crippen LogP contribution in [0, 0.1) is 0 Å². The number of nitrogens with zero attached hydrogens (tertiary/aromatic N) is 2. The summed E-state index contributed by atoms with van der Waals surface area (Å²) in [6.45, 7) is 5.05. The lowest BCUT2D eigenvalue weighted by Crippen LogP contribution is -2.41. The Hall–Kier alpha value is -0.830. The lowest BCUT2D eigenvalue weighted by molar-refractivity contribution is 0.252. The van der Waals surface area contributed by atoms with E-state index in [0.29, 0.717) is 6.04 Å². The molecule has 0 aromatic carbocycles. The lowest BCUT2D eigenvalue weighted by Gasteiger charge is -2.40. The van der Waals surface area contributed by atoms with Crippen LogP contribution in [0.2, 0.25) is 0 Å². The quantitative estimate of drug-likeness (QED) is 0.796. The van der Waals surface area contributed by atoms with Gasteiger partial charge in [0.25, 0.3) is 0 Å². The average Bonchev–Trinajstić information content (AvgIpc) is 2.52. The summed E-state index contributed by atoms with van der Waals surface area (Å²) in [5.74, 6) is 0.